The largest absolute Gasteiger partial charge is 0.481 e. The molecule has 0 aromatic carbocycles. The SMILES string of the molecule is CC(C)N(CCNC(=O)N1C[C@@H]2CCC[C@@]2(C(=O)O)C1)C(C)C. The second kappa shape index (κ2) is 7.07. The summed E-state index contributed by atoms with van der Waals surface area (Å²) in [5.41, 5.74) is -0.695. The van der Waals surface area contributed by atoms with Gasteiger partial charge in [0.1, 0.15) is 0 Å². The molecule has 0 unspecified atom stereocenters. The lowest BCUT2D eigenvalue weighted by Crippen LogP contribution is -2.46. The average molecular weight is 325 g/mol. The fourth-order valence-corrected chi connectivity index (χ4v) is 4.31. The molecular formula is C17H31N3O3. The Morgan fingerprint density at radius 2 is 1.96 bits per heavy atom. The van der Waals surface area contributed by atoms with Crippen molar-refractivity contribution in [3.63, 3.8) is 0 Å². The number of carboxylic acid groups (broad SMARTS) is 1. The third-order valence-corrected chi connectivity index (χ3v) is 5.56. The maximum absolute atomic E-state index is 12.4. The molecule has 0 radical (unpaired) electrons. The number of likely N-dealkylation sites (tertiary alicyclic amines) is 1. The van der Waals surface area contributed by atoms with Gasteiger partial charge in [0.05, 0.1) is 5.41 Å². The second-order valence-corrected chi connectivity index (χ2v) is 7.59. The third-order valence-electron chi connectivity index (χ3n) is 5.56. The van der Waals surface area contributed by atoms with Crippen LogP contribution in [0.1, 0.15) is 47.0 Å². The van der Waals surface area contributed by atoms with Gasteiger partial charge in [0, 0.05) is 38.3 Å². The lowest BCUT2D eigenvalue weighted by atomic mass is 9.81. The topological polar surface area (TPSA) is 72.9 Å². The number of carboxylic acids is 1. The Hall–Kier alpha value is -1.30. The maximum Gasteiger partial charge on any atom is 0.317 e. The van der Waals surface area contributed by atoms with Crippen molar-refractivity contribution in [3.8, 4) is 0 Å². The van der Waals surface area contributed by atoms with Gasteiger partial charge in [-0.05, 0) is 46.5 Å². The zero-order valence-electron chi connectivity index (χ0n) is 14.8. The minimum atomic E-state index is -0.735. The number of fused-ring (bicyclic) bond motifs is 1. The Morgan fingerprint density at radius 3 is 2.48 bits per heavy atom. The summed E-state index contributed by atoms with van der Waals surface area (Å²) in [4.78, 5) is 28.1. The van der Waals surface area contributed by atoms with E-state index in [1.807, 2.05) is 0 Å². The Morgan fingerprint density at radius 1 is 1.30 bits per heavy atom. The smallest absolute Gasteiger partial charge is 0.317 e. The van der Waals surface area contributed by atoms with E-state index < -0.39 is 11.4 Å². The van der Waals surface area contributed by atoms with Gasteiger partial charge >= 0.3 is 12.0 Å². The predicted octanol–water partition coefficient (Wildman–Crippen LogP) is 2.00. The zero-order valence-corrected chi connectivity index (χ0v) is 14.8. The molecule has 6 nitrogen and oxygen atoms in total. The van der Waals surface area contributed by atoms with E-state index in [4.69, 9.17) is 0 Å². The number of hydrogen-bond donors (Lipinski definition) is 2. The highest BCUT2D eigenvalue weighted by molar-refractivity contribution is 5.80. The molecule has 1 aliphatic heterocycles. The van der Waals surface area contributed by atoms with Crippen LogP contribution in [0.4, 0.5) is 4.79 Å². The van der Waals surface area contributed by atoms with Gasteiger partial charge in [0.2, 0.25) is 0 Å². The van der Waals surface area contributed by atoms with E-state index in [1.165, 1.54) is 0 Å². The molecule has 2 atom stereocenters. The fraction of sp³-hybridized carbons (Fsp3) is 0.882. The molecule has 0 bridgehead atoms. The minimum Gasteiger partial charge on any atom is -0.481 e. The van der Waals surface area contributed by atoms with Crippen LogP contribution in [-0.4, -0.2) is 65.2 Å². The molecule has 2 amide bonds. The third kappa shape index (κ3) is 3.62. The maximum atomic E-state index is 12.4. The monoisotopic (exact) mass is 325 g/mol. The summed E-state index contributed by atoms with van der Waals surface area (Å²) in [5, 5.41) is 12.5. The van der Waals surface area contributed by atoms with E-state index in [0.717, 1.165) is 19.4 Å². The van der Waals surface area contributed by atoms with Crippen LogP contribution < -0.4 is 5.32 Å². The Labute approximate surface area is 139 Å². The summed E-state index contributed by atoms with van der Waals surface area (Å²) in [6, 6.07) is 0.758. The molecule has 2 rings (SSSR count). The number of nitrogens with one attached hydrogen (secondary N) is 1. The van der Waals surface area contributed by atoms with Crippen molar-refractivity contribution in [1.29, 1.82) is 0 Å². The number of nitrogens with zero attached hydrogens (tertiary/aromatic N) is 2. The molecule has 0 aromatic heterocycles. The van der Waals surface area contributed by atoms with Gasteiger partial charge in [-0.15, -0.1) is 0 Å². The van der Waals surface area contributed by atoms with Crippen LogP contribution in [0.2, 0.25) is 0 Å². The highest BCUT2D eigenvalue weighted by Crippen LogP contribution is 2.48. The molecule has 0 spiro atoms. The number of hydrogen-bond acceptors (Lipinski definition) is 3. The minimum absolute atomic E-state index is 0.118. The van der Waals surface area contributed by atoms with E-state index in [2.05, 4.69) is 37.9 Å². The normalized spacial score (nSPS) is 27.1. The lowest BCUT2D eigenvalue weighted by molar-refractivity contribution is -0.149. The molecule has 6 heteroatoms. The predicted molar refractivity (Wildman–Crippen MR) is 89.4 cm³/mol. The summed E-state index contributed by atoms with van der Waals surface area (Å²) in [6.07, 6.45) is 2.58. The van der Waals surface area contributed by atoms with E-state index in [9.17, 15) is 14.7 Å². The van der Waals surface area contributed by atoms with Crippen molar-refractivity contribution in [2.24, 2.45) is 11.3 Å². The molecule has 0 aromatic rings. The Balaban J connectivity index is 1.85. The van der Waals surface area contributed by atoms with Gasteiger partial charge in [-0.25, -0.2) is 4.79 Å². The summed E-state index contributed by atoms with van der Waals surface area (Å²) >= 11 is 0. The van der Waals surface area contributed by atoms with Gasteiger partial charge in [-0.1, -0.05) is 6.42 Å². The molecule has 23 heavy (non-hydrogen) atoms. The molecule has 2 aliphatic rings. The lowest BCUT2D eigenvalue weighted by Gasteiger charge is -2.30. The highest BCUT2D eigenvalue weighted by atomic mass is 16.4. The van der Waals surface area contributed by atoms with Gasteiger partial charge < -0.3 is 15.3 Å². The molecule has 2 fully saturated rings. The number of amides is 2. The average Bonchev–Trinajstić information content (AvgIpc) is 3.00. The van der Waals surface area contributed by atoms with Crippen molar-refractivity contribution < 1.29 is 14.7 Å². The number of carbonyl (C=O) groups excluding carboxylic acids is 1. The Kier molecular flexibility index (Phi) is 5.55. The summed E-state index contributed by atoms with van der Waals surface area (Å²) in [7, 11) is 0. The van der Waals surface area contributed by atoms with Crippen LogP contribution in [0, 0.1) is 11.3 Å². The quantitative estimate of drug-likeness (QED) is 0.783. The van der Waals surface area contributed by atoms with Gasteiger partial charge in [0.15, 0.2) is 0 Å². The first-order valence-electron chi connectivity index (χ1n) is 8.80. The fourth-order valence-electron chi connectivity index (χ4n) is 4.31. The standard InChI is InChI=1S/C17H31N3O3/c1-12(2)20(13(3)4)9-8-18-16(23)19-10-14-6-5-7-17(14,11-19)15(21)22/h12-14H,5-11H2,1-4H3,(H,18,23)(H,21,22)/t14-,17+/m0/s1. The molecule has 2 N–H and O–H groups in total. The van der Waals surface area contributed by atoms with Crippen molar-refractivity contribution in [3.05, 3.63) is 0 Å². The summed E-state index contributed by atoms with van der Waals surface area (Å²) in [6.45, 7) is 11.0. The zero-order chi connectivity index (χ0) is 17.2. The van der Waals surface area contributed by atoms with Crippen LogP contribution >= 0.6 is 0 Å². The second-order valence-electron chi connectivity index (χ2n) is 7.59. The first-order valence-corrected chi connectivity index (χ1v) is 8.80. The van der Waals surface area contributed by atoms with E-state index in [0.29, 0.717) is 38.1 Å². The summed E-state index contributed by atoms with van der Waals surface area (Å²) < 4.78 is 0. The van der Waals surface area contributed by atoms with Crippen molar-refractivity contribution in [2.75, 3.05) is 26.2 Å². The number of rotatable bonds is 6. The summed E-state index contributed by atoms with van der Waals surface area (Å²) in [5.74, 6) is -0.616. The van der Waals surface area contributed by atoms with Crippen LogP contribution in [0.15, 0.2) is 0 Å². The van der Waals surface area contributed by atoms with E-state index in [-0.39, 0.29) is 11.9 Å². The number of urea groups is 1. The van der Waals surface area contributed by atoms with Crippen LogP contribution in [0.5, 0.6) is 0 Å². The molecule has 1 saturated heterocycles. The molecular weight excluding hydrogens is 294 g/mol. The first-order chi connectivity index (χ1) is 10.8. The van der Waals surface area contributed by atoms with Crippen LogP contribution in [-0.2, 0) is 4.79 Å². The first kappa shape index (κ1) is 18.0. The van der Waals surface area contributed by atoms with Crippen molar-refractivity contribution in [1.82, 2.24) is 15.1 Å². The highest BCUT2D eigenvalue weighted by Gasteiger charge is 2.55. The van der Waals surface area contributed by atoms with Gasteiger partial charge in [-0.3, -0.25) is 9.69 Å². The van der Waals surface area contributed by atoms with Gasteiger partial charge in [-0.2, -0.15) is 0 Å². The number of carbonyl (C=O) groups is 2. The van der Waals surface area contributed by atoms with Crippen molar-refractivity contribution in [2.45, 2.75) is 59.0 Å². The molecule has 132 valence electrons. The van der Waals surface area contributed by atoms with Crippen LogP contribution in [0.3, 0.4) is 0 Å². The molecule has 1 aliphatic carbocycles. The van der Waals surface area contributed by atoms with E-state index in [1.54, 1.807) is 4.90 Å². The Bertz CT molecular complexity index is 444. The number of aliphatic carboxylic acids is 1. The van der Waals surface area contributed by atoms with Crippen LogP contribution in [0.25, 0.3) is 0 Å². The van der Waals surface area contributed by atoms with Gasteiger partial charge in [0.25, 0.3) is 0 Å². The molecule has 1 heterocycles. The van der Waals surface area contributed by atoms with Crippen molar-refractivity contribution >= 4 is 12.0 Å². The molecule has 1 saturated carbocycles. The van der Waals surface area contributed by atoms with E-state index >= 15 is 0 Å².